The highest BCUT2D eigenvalue weighted by Gasteiger charge is 2.24. The zero-order valence-corrected chi connectivity index (χ0v) is 12.8. The summed E-state index contributed by atoms with van der Waals surface area (Å²) in [5.41, 5.74) is 9.45. The molecule has 1 unspecified atom stereocenters. The van der Waals surface area contributed by atoms with E-state index in [0.717, 1.165) is 5.56 Å². The Morgan fingerprint density at radius 3 is 2.27 bits per heavy atom. The van der Waals surface area contributed by atoms with Gasteiger partial charge in [0.1, 0.15) is 6.17 Å². The first-order valence-corrected chi connectivity index (χ1v) is 6.79. The van der Waals surface area contributed by atoms with E-state index in [2.05, 4.69) is 16.6 Å². The molecule has 0 radical (unpaired) electrons. The third-order valence-corrected chi connectivity index (χ3v) is 2.61. The van der Waals surface area contributed by atoms with Gasteiger partial charge in [0.05, 0.1) is 13.2 Å². The molecule has 1 aromatic rings. The molecular weight excluding hydrogens is 284 g/mol. The predicted octanol–water partition coefficient (Wildman–Crippen LogP) is 2.39. The second-order valence-corrected chi connectivity index (χ2v) is 4.48. The summed E-state index contributed by atoms with van der Waals surface area (Å²) in [4.78, 5) is 16.2. The fourth-order valence-corrected chi connectivity index (χ4v) is 1.72. The molecule has 0 fully saturated rings. The lowest BCUT2D eigenvalue weighted by molar-refractivity contribution is -0.130. The van der Waals surface area contributed by atoms with Crippen LogP contribution in [0, 0.1) is 0 Å². The van der Waals surface area contributed by atoms with Gasteiger partial charge in [0.25, 0.3) is 0 Å². The van der Waals surface area contributed by atoms with Crippen LogP contribution in [0.25, 0.3) is 10.4 Å². The zero-order chi connectivity index (χ0) is 17.0. The quantitative estimate of drug-likeness (QED) is 0.364. The van der Waals surface area contributed by atoms with Crippen LogP contribution in [0.15, 0.2) is 48.1 Å². The lowest BCUT2D eigenvalue weighted by Crippen LogP contribution is -2.38. The molecule has 7 nitrogen and oxygen atoms in total. The van der Waals surface area contributed by atoms with Gasteiger partial charge < -0.3 is 15.1 Å². The van der Waals surface area contributed by atoms with E-state index in [1.807, 2.05) is 44.2 Å². The van der Waals surface area contributed by atoms with Gasteiger partial charge in [-0.1, -0.05) is 42.0 Å². The van der Waals surface area contributed by atoms with Crippen LogP contribution in [0.2, 0.25) is 0 Å². The summed E-state index contributed by atoms with van der Waals surface area (Å²) >= 11 is 0. The van der Waals surface area contributed by atoms with Crippen LogP contribution in [-0.4, -0.2) is 40.3 Å². The molecule has 0 aliphatic heterocycles. The number of azide groups is 1. The van der Waals surface area contributed by atoms with Crippen molar-refractivity contribution in [2.24, 2.45) is 5.11 Å². The van der Waals surface area contributed by atoms with Gasteiger partial charge in [-0.05, 0) is 31.0 Å². The van der Waals surface area contributed by atoms with E-state index >= 15 is 0 Å². The van der Waals surface area contributed by atoms with E-state index < -0.39 is 6.17 Å². The van der Waals surface area contributed by atoms with E-state index in [4.69, 9.17) is 15.7 Å². The van der Waals surface area contributed by atoms with Gasteiger partial charge >= 0.3 is 0 Å². The summed E-state index contributed by atoms with van der Waals surface area (Å²) in [5, 5.41) is 19.0. The minimum absolute atomic E-state index is 0.0915. The molecule has 7 heteroatoms. The third kappa shape index (κ3) is 6.41. The normalized spacial score (nSPS) is 10.8. The average Bonchev–Trinajstić information content (AvgIpc) is 2.54. The summed E-state index contributed by atoms with van der Waals surface area (Å²) in [6.45, 7) is 6.95. The number of nitrogens with zero attached hydrogens (tertiary/aromatic N) is 4. The number of amides is 1. The highest BCUT2D eigenvalue weighted by atomic mass is 16.3. The van der Waals surface area contributed by atoms with Gasteiger partial charge in [0.2, 0.25) is 5.91 Å². The predicted molar refractivity (Wildman–Crippen MR) is 84.7 cm³/mol. The number of aliphatic hydroxyl groups excluding tert-OH is 2. The Hall–Kier alpha value is -2.34. The highest BCUT2D eigenvalue weighted by molar-refractivity contribution is 5.87. The lowest BCUT2D eigenvalue weighted by atomic mass is 10.1. The van der Waals surface area contributed by atoms with Crippen molar-refractivity contribution in [3.05, 3.63) is 59.0 Å². The summed E-state index contributed by atoms with van der Waals surface area (Å²) in [6, 6.07) is 9.10. The molecule has 1 aromatic carbocycles. The van der Waals surface area contributed by atoms with Crippen LogP contribution >= 0.6 is 0 Å². The van der Waals surface area contributed by atoms with E-state index in [1.165, 1.54) is 11.0 Å². The molecular formula is C15H22N4O3. The Bertz CT molecular complexity index is 497. The molecule has 0 aromatic heterocycles. The summed E-state index contributed by atoms with van der Waals surface area (Å²) < 4.78 is 0. The molecule has 0 aliphatic carbocycles. The largest absolute Gasteiger partial charge is 0.394 e. The van der Waals surface area contributed by atoms with Crippen molar-refractivity contribution in [1.82, 2.24) is 4.90 Å². The maximum atomic E-state index is 11.9. The third-order valence-electron chi connectivity index (χ3n) is 2.61. The average molecular weight is 306 g/mol. The number of hydrogen-bond acceptors (Lipinski definition) is 4. The van der Waals surface area contributed by atoms with Crippen molar-refractivity contribution >= 4 is 5.91 Å². The molecule has 1 amide bonds. The topological polar surface area (TPSA) is 110 Å². The van der Waals surface area contributed by atoms with Crippen molar-refractivity contribution < 1.29 is 15.0 Å². The van der Waals surface area contributed by atoms with E-state index in [0.29, 0.717) is 0 Å². The van der Waals surface area contributed by atoms with Gasteiger partial charge in [-0.15, -0.1) is 0 Å². The second kappa shape index (κ2) is 11.3. The molecule has 22 heavy (non-hydrogen) atoms. The van der Waals surface area contributed by atoms with E-state index in [-0.39, 0.29) is 25.2 Å². The van der Waals surface area contributed by atoms with Crippen LogP contribution in [0.5, 0.6) is 0 Å². The first-order chi connectivity index (χ1) is 10.5. The van der Waals surface area contributed by atoms with Gasteiger partial charge in [0, 0.05) is 11.0 Å². The Balaban J connectivity index is 0.000000980. The van der Waals surface area contributed by atoms with Crippen LogP contribution in [0.1, 0.15) is 25.6 Å². The number of carbonyl (C=O) groups excluding carboxylic acids is 1. The number of carbonyl (C=O) groups is 1. The van der Waals surface area contributed by atoms with Gasteiger partial charge in [-0.2, -0.15) is 0 Å². The first kappa shape index (κ1) is 19.7. The molecule has 2 N–H and O–H groups in total. The minimum atomic E-state index is -0.651. The number of rotatable bonds is 6. The van der Waals surface area contributed by atoms with Gasteiger partial charge in [0.15, 0.2) is 0 Å². The fourth-order valence-electron chi connectivity index (χ4n) is 1.72. The Labute approximate surface area is 130 Å². The minimum Gasteiger partial charge on any atom is -0.394 e. The van der Waals surface area contributed by atoms with Gasteiger partial charge in [-0.3, -0.25) is 4.79 Å². The van der Waals surface area contributed by atoms with E-state index in [9.17, 15) is 4.79 Å². The maximum absolute atomic E-state index is 11.9. The fraction of sp³-hybridized carbons (Fsp3) is 0.400. The van der Waals surface area contributed by atoms with Crippen molar-refractivity contribution in [2.45, 2.75) is 26.1 Å². The van der Waals surface area contributed by atoms with Crippen LogP contribution in [-0.2, 0) is 4.79 Å². The van der Waals surface area contributed by atoms with E-state index in [1.54, 1.807) is 0 Å². The summed E-state index contributed by atoms with van der Waals surface area (Å²) in [7, 11) is 0. The zero-order valence-electron chi connectivity index (χ0n) is 12.8. The summed E-state index contributed by atoms with van der Waals surface area (Å²) in [6.07, 6.45) is 0.574. The van der Waals surface area contributed by atoms with Crippen molar-refractivity contribution in [3.8, 4) is 0 Å². The van der Waals surface area contributed by atoms with Crippen molar-refractivity contribution in [2.75, 3.05) is 13.2 Å². The van der Waals surface area contributed by atoms with Crippen LogP contribution in [0.4, 0.5) is 0 Å². The SMILES string of the molecule is C=CC(=O)N(C(C)C)C(N=[N+]=[N-])c1ccccc1.OCCO. The highest BCUT2D eigenvalue weighted by Crippen LogP contribution is 2.24. The standard InChI is InChI=1S/C13H16N4O.C2H6O2/c1-4-12(18)17(10(2)3)13(15-16-14)11-8-6-5-7-9-11;3-1-2-4/h4-10,13H,1H2,2-3H3;3-4H,1-2H2. The molecule has 0 bridgehead atoms. The molecule has 1 rings (SSSR count). The summed E-state index contributed by atoms with van der Waals surface area (Å²) in [5.74, 6) is -0.258. The molecule has 0 saturated heterocycles. The van der Waals surface area contributed by atoms with Crippen LogP contribution in [0.3, 0.4) is 0 Å². The number of benzene rings is 1. The molecule has 0 aliphatic rings. The molecule has 0 heterocycles. The molecule has 1 atom stereocenters. The van der Waals surface area contributed by atoms with Crippen molar-refractivity contribution in [1.29, 1.82) is 0 Å². The Kier molecular flexibility index (Phi) is 10.1. The smallest absolute Gasteiger partial charge is 0.246 e. The second-order valence-electron chi connectivity index (χ2n) is 4.48. The molecule has 0 spiro atoms. The maximum Gasteiger partial charge on any atom is 0.246 e. The Morgan fingerprint density at radius 2 is 1.91 bits per heavy atom. The first-order valence-electron chi connectivity index (χ1n) is 6.79. The number of aliphatic hydroxyl groups is 2. The Morgan fingerprint density at radius 1 is 1.36 bits per heavy atom. The lowest BCUT2D eigenvalue weighted by Gasteiger charge is -2.31. The number of hydrogen-bond donors (Lipinski definition) is 2. The monoisotopic (exact) mass is 306 g/mol. The van der Waals surface area contributed by atoms with Crippen LogP contribution < -0.4 is 0 Å². The molecule has 120 valence electrons. The van der Waals surface area contributed by atoms with Gasteiger partial charge in [-0.25, -0.2) is 0 Å². The molecule has 0 saturated carbocycles. The van der Waals surface area contributed by atoms with Crippen molar-refractivity contribution in [3.63, 3.8) is 0 Å².